The summed E-state index contributed by atoms with van der Waals surface area (Å²) in [5.41, 5.74) is -2.43. The van der Waals surface area contributed by atoms with E-state index < -0.39 is 89.5 Å². The lowest BCUT2D eigenvalue weighted by atomic mass is 10.1. The molecule has 0 heterocycles. The summed E-state index contributed by atoms with van der Waals surface area (Å²) in [4.78, 5) is 31.6. The van der Waals surface area contributed by atoms with Gasteiger partial charge in [0.2, 0.25) is 5.91 Å². The Balaban J connectivity index is 2.38. The van der Waals surface area contributed by atoms with Gasteiger partial charge in [0.1, 0.15) is 9.79 Å². The molecule has 0 aromatic heterocycles. The van der Waals surface area contributed by atoms with Crippen molar-refractivity contribution in [2.75, 3.05) is 10.6 Å². The van der Waals surface area contributed by atoms with E-state index >= 15 is 0 Å². The Kier molecular flexibility index (Phi) is 7.29. The van der Waals surface area contributed by atoms with Crippen LogP contribution in [0.2, 0.25) is 0 Å². The first-order valence-corrected chi connectivity index (χ1v) is 14.0. The minimum Gasteiger partial charge on any atom is -0.325 e. The van der Waals surface area contributed by atoms with Crippen LogP contribution in [0.5, 0.6) is 0 Å². The zero-order chi connectivity index (χ0) is 28.8. The van der Waals surface area contributed by atoms with Gasteiger partial charge in [0, 0.05) is 29.8 Å². The highest BCUT2D eigenvalue weighted by Gasteiger charge is 2.27. The maximum atomic E-state index is 13.1. The third-order valence-electron chi connectivity index (χ3n) is 4.89. The van der Waals surface area contributed by atoms with Crippen molar-refractivity contribution in [3.05, 3.63) is 58.1 Å². The number of amides is 2. The average Bonchev–Trinajstić information content (AvgIpc) is 2.77. The van der Waals surface area contributed by atoms with Crippen LogP contribution in [-0.4, -0.2) is 55.6 Å². The number of carbonyl (C=O) groups is 2. The van der Waals surface area contributed by atoms with Crippen LogP contribution in [0.3, 0.4) is 0 Å². The van der Waals surface area contributed by atoms with Crippen LogP contribution in [0.25, 0.3) is 10.8 Å². The van der Waals surface area contributed by atoms with Crippen LogP contribution in [0.15, 0.2) is 57.2 Å². The minimum atomic E-state index is -5.21. The first-order valence-electron chi connectivity index (χ1n) is 9.71. The van der Waals surface area contributed by atoms with Crippen molar-refractivity contribution in [3.8, 4) is 0 Å². The second-order valence-electron chi connectivity index (χ2n) is 7.50. The molecule has 16 nitrogen and oxygen atoms in total. The molecule has 0 bridgehead atoms. The van der Waals surface area contributed by atoms with E-state index in [2.05, 4.69) is 10.6 Å². The Morgan fingerprint density at radius 2 is 1.39 bits per heavy atom. The van der Waals surface area contributed by atoms with Gasteiger partial charge in [-0.25, -0.2) is 0 Å². The summed E-state index contributed by atoms with van der Waals surface area (Å²) in [6.45, 7) is 1.04. The highest BCUT2D eigenvalue weighted by molar-refractivity contribution is 7.87. The average molecular weight is 590 g/mol. The summed E-state index contributed by atoms with van der Waals surface area (Å²) in [7, 11) is -15.4. The second-order valence-corrected chi connectivity index (χ2v) is 11.7. The van der Waals surface area contributed by atoms with Gasteiger partial charge in [-0.2, -0.15) is 25.3 Å². The highest BCUT2D eigenvalue weighted by atomic mass is 32.2. The molecule has 0 fully saturated rings. The molecule has 2 amide bonds. The molecule has 3 rings (SSSR count). The zero-order valence-corrected chi connectivity index (χ0v) is 21.1. The van der Waals surface area contributed by atoms with Gasteiger partial charge in [-0.15, -0.1) is 0 Å². The number of benzene rings is 3. The van der Waals surface area contributed by atoms with Crippen molar-refractivity contribution >= 4 is 70.0 Å². The molecule has 0 spiro atoms. The van der Waals surface area contributed by atoms with E-state index in [0.717, 1.165) is 25.1 Å². The number of non-ortho nitro benzene ring substituents is 1. The number of anilines is 2. The van der Waals surface area contributed by atoms with Crippen molar-refractivity contribution in [2.45, 2.75) is 21.6 Å². The molecule has 3 aromatic carbocycles. The molecule has 0 saturated carbocycles. The molecule has 38 heavy (non-hydrogen) atoms. The molecule has 0 unspecified atom stereocenters. The molecule has 0 atom stereocenters. The highest BCUT2D eigenvalue weighted by Crippen LogP contribution is 2.37. The number of hydrogen-bond donors (Lipinski definition) is 5. The maximum absolute atomic E-state index is 13.1. The molecule has 5 N–H and O–H groups in total. The molecule has 0 radical (unpaired) electrons. The Bertz CT molecular complexity index is 1870. The van der Waals surface area contributed by atoms with E-state index in [0.29, 0.717) is 24.3 Å². The Morgan fingerprint density at radius 1 is 0.789 bits per heavy atom. The summed E-state index contributed by atoms with van der Waals surface area (Å²) < 4.78 is 99.8. The number of fused-ring (bicyclic) bond motifs is 1. The fourth-order valence-corrected chi connectivity index (χ4v) is 5.42. The van der Waals surface area contributed by atoms with Crippen LogP contribution >= 0.6 is 0 Å². The van der Waals surface area contributed by atoms with Crippen molar-refractivity contribution in [1.29, 1.82) is 0 Å². The molecule has 0 saturated heterocycles. The van der Waals surface area contributed by atoms with Crippen molar-refractivity contribution in [2.24, 2.45) is 0 Å². The summed E-state index contributed by atoms with van der Waals surface area (Å²) in [5.74, 6) is -2.09. The lowest BCUT2D eigenvalue weighted by Crippen LogP contribution is -2.19. The molecule has 3 aromatic rings. The van der Waals surface area contributed by atoms with Crippen molar-refractivity contribution in [1.82, 2.24) is 0 Å². The Labute approximate surface area is 213 Å². The van der Waals surface area contributed by atoms with Gasteiger partial charge in [0.05, 0.1) is 26.8 Å². The number of nitro benzene ring substituents is 1. The summed E-state index contributed by atoms with van der Waals surface area (Å²) in [6.07, 6.45) is 0. The van der Waals surface area contributed by atoms with Gasteiger partial charge in [-0.05, 0) is 24.3 Å². The van der Waals surface area contributed by atoms with Crippen molar-refractivity contribution < 1.29 is 53.4 Å². The molecule has 0 aliphatic carbocycles. The van der Waals surface area contributed by atoms with Crippen LogP contribution < -0.4 is 10.6 Å². The fraction of sp³-hybridized carbons (Fsp3) is 0.0526. The maximum Gasteiger partial charge on any atom is 0.295 e. The lowest BCUT2D eigenvalue weighted by Gasteiger charge is -2.17. The first-order chi connectivity index (χ1) is 17.3. The summed E-state index contributed by atoms with van der Waals surface area (Å²) >= 11 is 0. The Morgan fingerprint density at radius 3 is 1.89 bits per heavy atom. The molecular weight excluding hydrogens is 574 g/mol. The standard InChI is InChI=1S/C19H15N3O13S3/c1-9(23)20-15-5-4-12-14(7-11(36(27,28)29)8-17(12)38(33,34)35)18(15)21-19(24)13-3-2-10(22(25)26)6-16(13)37(30,31)32/h2-8H,1H3,(H,20,23)(H,21,24)(H,27,28,29)(H,30,31,32)(H,33,34,35). The molecule has 202 valence electrons. The smallest absolute Gasteiger partial charge is 0.295 e. The minimum absolute atomic E-state index is 0.276. The van der Waals surface area contributed by atoms with Gasteiger partial charge in [0.25, 0.3) is 41.9 Å². The van der Waals surface area contributed by atoms with E-state index in [4.69, 9.17) is 0 Å². The molecular formula is C19H15N3O13S3. The Hall–Kier alpha value is -4.01. The molecule has 0 aliphatic rings. The van der Waals surface area contributed by atoms with Crippen LogP contribution in [-0.2, 0) is 35.1 Å². The molecule has 0 aliphatic heterocycles. The van der Waals surface area contributed by atoms with Crippen LogP contribution in [0.4, 0.5) is 17.1 Å². The summed E-state index contributed by atoms with van der Waals surface area (Å²) in [5, 5.41) is 14.6. The van der Waals surface area contributed by atoms with Gasteiger partial charge >= 0.3 is 0 Å². The van der Waals surface area contributed by atoms with Crippen LogP contribution in [0.1, 0.15) is 17.3 Å². The first kappa shape index (κ1) is 28.6. The number of nitro groups is 1. The van der Waals surface area contributed by atoms with Gasteiger partial charge < -0.3 is 10.6 Å². The van der Waals surface area contributed by atoms with E-state index in [1.807, 2.05) is 0 Å². The number of carbonyl (C=O) groups excluding carboxylic acids is 2. The van der Waals surface area contributed by atoms with E-state index in [1.54, 1.807) is 0 Å². The van der Waals surface area contributed by atoms with Crippen LogP contribution in [0, 0.1) is 10.1 Å². The van der Waals surface area contributed by atoms with Gasteiger partial charge in [-0.1, -0.05) is 6.07 Å². The number of rotatable bonds is 7. The largest absolute Gasteiger partial charge is 0.325 e. The topological polar surface area (TPSA) is 264 Å². The zero-order valence-electron chi connectivity index (χ0n) is 18.6. The van der Waals surface area contributed by atoms with E-state index in [9.17, 15) is 58.6 Å². The summed E-state index contributed by atoms with van der Waals surface area (Å²) in [6, 6.07) is 5.04. The normalized spacial score (nSPS) is 12.2. The number of nitrogens with one attached hydrogen (secondary N) is 2. The third-order valence-corrected chi connectivity index (χ3v) is 7.51. The predicted octanol–water partition coefficient (Wildman–Crippen LogP) is 1.70. The molecule has 19 heteroatoms. The van der Waals surface area contributed by atoms with Gasteiger partial charge in [-0.3, -0.25) is 33.4 Å². The quantitative estimate of drug-likeness (QED) is 0.149. The predicted molar refractivity (Wildman–Crippen MR) is 129 cm³/mol. The number of nitrogens with zero attached hydrogens (tertiary/aromatic N) is 1. The van der Waals surface area contributed by atoms with Gasteiger partial charge in [0.15, 0.2) is 0 Å². The fourth-order valence-electron chi connectivity index (χ4n) is 3.37. The third kappa shape index (κ3) is 5.93. The van der Waals surface area contributed by atoms with E-state index in [-0.39, 0.29) is 5.69 Å². The monoisotopic (exact) mass is 589 g/mol. The second kappa shape index (κ2) is 9.70. The van der Waals surface area contributed by atoms with Crippen molar-refractivity contribution in [3.63, 3.8) is 0 Å². The lowest BCUT2D eigenvalue weighted by molar-refractivity contribution is -0.385. The van der Waals surface area contributed by atoms with E-state index in [1.165, 1.54) is 0 Å². The SMILES string of the molecule is CC(=O)Nc1ccc2c(S(=O)(=O)O)cc(S(=O)(=O)O)cc2c1NC(=O)c1ccc([N+](=O)[O-])cc1S(=O)(=O)O. The number of hydrogen-bond acceptors (Lipinski definition) is 10.